The Morgan fingerprint density at radius 2 is 2.22 bits per heavy atom. The lowest BCUT2D eigenvalue weighted by Gasteiger charge is -2.09. The molecule has 2 rings (SSSR count). The molecule has 2 aromatic rings. The van der Waals surface area contributed by atoms with Gasteiger partial charge in [-0.15, -0.1) is 0 Å². The highest BCUT2D eigenvalue weighted by atomic mass is 16.2. The topological polar surface area (TPSA) is 66.9 Å². The molecule has 0 aliphatic rings. The third-order valence-corrected chi connectivity index (χ3v) is 3.20. The van der Waals surface area contributed by atoms with Crippen LogP contribution in [0.15, 0.2) is 23.0 Å². The number of fused-ring (bicyclic) bond motifs is 1. The Hall–Kier alpha value is -2.04. The summed E-state index contributed by atoms with van der Waals surface area (Å²) >= 11 is 0. The lowest BCUT2D eigenvalue weighted by Crippen LogP contribution is -2.19. The van der Waals surface area contributed by atoms with Crippen LogP contribution in [0.25, 0.3) is 10.9 Å². The third kappa shape index (κ3) is 2.16. The first-order chi connectivity index (χ1) is 8.52. The zero-order valence-corrected chi connectivity index (χ0v) is 10.8. The number of nitrogens with one attached hydrogen (secondary N) is 2. The molecule has 1 heterocycles. The number of H-pyrrole nitrogens is 1. The molecule has 96 valence electrons. The minimum absolute atomic E-state index is 0.0239. The first-order valence-electron chi connectivity index (χ1n) is 6.02. The summed E-state index contributed by atoms with van der Waals surface area (Å²) in [5.41, 5.74) is 1.33. The van der Waals surface area contributed by atoms with Gasteiger partial charge in [0, 0.05) is 18.7 Å². The Labute approximate surface area is 105 Å². The standard InChI is InChI=1S/C13H17N3O2/c1-4-8(2)12(17)14-9-5-6-11-10(7-9)13(18)15-16(11)3/h5-8H,4H2,1-3H3,(H,14,17)(H,15,18)/t8-/m0/s1. The van der Waals surface area contributed by atoms with Crippen molar-refractivity contribution in [1.29, 1.82) is 0 Å². The van der Waals surface area contributed by atoms with Crippen LogP contribution in [0, 0.1) is 5.92 Å². The van der Waals surface area contributed by atoms with Gasteiger partial charge in [-0.2, -0.15) is 0 Å². The Balaban J connectivity index is 2.33. The highest BCUT2D eigenvalue weighted by Crippen LogP contribution is 2.16. The number of carbonyl (C=O) groups is 1. The fourth-order valence-corrected chi connectivity index (χ4v) is 1.81. The van der Waals surface area contributed by atoms with Crippen molar-refractivity contribution >= 4 is 22.5 Å². The fourth-order valence-electron chi connectivity index (χ4n) is 1.81. The van der Waals surface area contributed by atoms with Crippen molar-refractivity contribution in [3.05, 3.63) is 28.6 Å². The van der Waals surface area contributed by atoms with E-state index in [1.165, 1.54) is 0 Å². The van der Waals surface area contributed by atoms with E-state index in [-0.39, 0.29) is 17.4 Å². The molecule has 0 spiro atoms. The van der Waals surface area contributed by atoms with Crippen LogP contribution in [0.2, 0.25) is 0 Å². The van der Waals surface area contributed by atoms with Crippen LogP contribution in [0.5, 0.6) is 0 Å². The van der Waals surface area contributed by atoms with Crippen molar-refractivity contribution in [3.8, 4) is 0 Å². The summed E-state index contributed by atoms with van der Waals surface area (Å²) in [7, 11) is 1.78. The van der Waals surface area contributed by atoms with E-state index >= 15 is 0 Å². The Kier molecular flexibility index (Phi) is 3.23. The smallest absolute Gasteiger partial charge is 0.272 e. The number of aromatic nitrogens is 2. The average Bonchev–Trinajstić information content (AvgIpc) is 2.63. The molecule has 5 heteroatoms. The lowest BCUT2D eigenvalue weighted by molar-refractivity contribution is -0.119. The van der Waals surface area contributed by atoms with Crippen molar-refractivity contribution in [2.45, 2.75) is 20.3 Å². The van der Waals surface area contributed by atoms with Crippen LogP contribution in [0.1, 0.15) is 20.3 Å². The van der Waals surface area contributed by atoms with Crippen molar-refractivity contribution in [2.75, 3.05) is 5.32 Å². The Morgan fingerprint density at radius 3 is 2.89 bits per heavy atom. The summed E-state index contributed by atoms with van der Waals surface area (Å²) in [4.78, 5) is 23.4. The largest absolute Gasteiger partial charge is 0.326 e. The predicted molar refractivity (Wildman–Crippen MR) is 71.6 cm³/mol. The van der Waals surface area contributed by atoms with E-state index in [4.69, 9.17) is 0 Å². The molecule has 18 heavy (non-hydrogen) atoms. The number of amides is 1. The fraction of sp³-hybridized carbons (Fsp3) is 0.385. The molecular formula is C13H17N3O2. The molecular weight excluding hydrogens is 230 g/mol. The van der Waals surface area contributed by atoms with Crippen LogP contribution >= 0.6 is 0 Å². The maximum absolute atomic E-state index is 11.8. The molecule has 0 aliphatic carbocycles. The van der Waals surface area contributed by atoms with Gasteiger partial charge < -0.3 is 5.32 Å². The molecule has 0 unspecified atom stereocenters. The van der Waals surface area contributed by atoms with Gasteiger partial charge in [0.05, 0.1) is 10.9 Å². The molecule has 0 bridgehead atoms. The van der Waals surface area contributed by atoms with Gasteiger partial charge >= 0.3 is 0 Å². The molecule has 0 saturated heterocycles. The maximum Gasteiger partial charge on any atom is 0.272 e. The highest BCUT2D eigenvalue weighted by molar-refractivity contribution is 5.94. The molecule has 0 radical (unpaired) electrons. The summed E-state index contributed by atoms with van der Waals surface area (Å²) in [5.74, 6) is -0.0565. The number of nitrogens with zero attached hydrogens (tertiary/aromatic N) is 1. The molecule has 0 fully saturated rings. The molecule has 1 aromatic heterocycles. The summed E-state index contributed by atoms with van der Waals surface area (Å²) in [5, 5.41) is 6.08. The third-order valence-electron chi connectivity index (χ3n) is 3.20. The minimum Gasteiger partial charge on any atom is -0.326 e. The molecule has 1 atom stereocenters. The van der Waals surface area contributed by atoms with Crippen LogP contribution < -0.4 is 10.9 Å². The summed E-state index contributed by atoms with van der Waals surface area (Å²) in [6.45, 7) is 3.85. The second-order valence-electron chi connectivity index (χ2n) is 4.53. The molecule has 0 saturated carbocycles. The quantitative estimate of drug-likeness (QED) is 0.869. The molecule has 5 nitrogen and oxygen atoms in total. The van der Waals surface area contributed by atoms with Crippen LogP contribution in [-0.4, -0.2) is 15.7 Å². The number of benzene rings is 1. The number of aromatic amines is 1. The summed E-state index contributed by atoms with van der Waals surface area (Å²) in [6, 6.07) is 5.32. The number of anilines is 1. The van der Waals surface area contributed by atoms with E-state index in [0.29, 0.717) is 11.1 Å². The number of aryl methyl sites for hydroxylation is 1. The van der Waals surface area contributed by atoms with E-state index in [1.807, 2.05) is 19.9 Å². The van der Waals surface area contributed by atoms with Gasteiger partial charge in [0.1, 0.15) is 0 Å². The van der Waals surface area contributed by atoms with Crippen LogP contribution in [-0.2, 0) is 11.8 Å². The van der Waals surface area contributed by atoms with Crippen molar-refractivity contribution in [1.82, 2.24) is 9.78 Å². The predicted octanol–water partition coefficient (Wildman–Crippen LogP) is 1.85. The number of hydrogen-bond donors (Lipinski definition) is 2. The average molecular weight is 247 g/mol. The second-order valence-corrected chi connectivity index (χ2v) is 4.53. The van der Waals surface area contributed by atoms with Crippen LogP contribution in [0.4, 0.5) is 5.69 Å². The van der Waals surface area contributed by atoms with Gasteiger partial charge in [-0.3, -0.25) is 19.4 Å². The van der Waals surface area contributed by atoms with E-state index in [0.717, 1.165) is 11.9 Å². The Bertz CT molecular complexity index is 639. The minimum atomic E-state index is -0.146. The number of rotatable bonds is 3. The van der Waals surface area contributed by atoms with Gasteiger partial charge in [0.2, 0.25) is 5.91 Å². The summed E-state index contributed by atoms with van der Waals surface area (Å²) < 4.78 is 1.66. The molecule has 2 N–H and O–H groups in total. The van der Waals surface area contributed by atoms with Gasteiger partial charge in [0.15, 0.2) is 0 Å². The second kappa shape index (κ2) is 4.68. The van der Waals surface area contributed by atoms with Gasteiger partial charge in [-0.05, 0) is 24.6 Å². The monoisotopic (exact) mass is 247 g/mol. The van der Waals surface area contributed by atoms with E-state index in [1.54, 1.807) is 23.9 Å². The SMILES string of the molecule is CC[C@H](C)C(=O)Nc1ccc2c(c1)c(=O)[nH]n2C. The molecule has 1 aromatic carbocycles. The Morgan fingerprint density at radius 1 is 1.50 bits per heavy atom. The normalized spacial score (nSPS) is 12.6. The van der Waals surface area contributed by atoms with E-state index in [9.17, 15) is 9.59 Å². The van der Waals surface area contributed by atoms with E-state index in [2.05, 4.69) is 10.4 Å². The van der Waals surface area contributed by atoms with Crippen molar-refractivity contribution in [3.63, 3.8) is 0 Å². The molecule has 1 amide bonds. The van der Waals surface area contributed by atoms with Gasteiger partial charge in [0.25, 0.3) is 5.56 Å². The zero-order chi connectivity index (χ0) is 13.3. The van der Waals surface area contributed by atoms with E-state index < -0.39 is 0 Å². The molecule has 0 aliphatic heterocycles. The first kappa shape index (κ1) is 12.4. The zero-order valence-electron chi connectivity index (χ0n) is 10.8. The van der Waals surface area contributed by atoms with Crippen LogP contribution in [0.3, 0.4) is 0 Å². The lowest BCUT2D eigenvalue weighted by atomic mass is 10.1. The van der Waals surface area contributed by atoms with Crippen molar-refractivity contribution in [2.24, 2.45) is 13.0 Å². The van der Waals surface area contributed by atoms with Gasteiger partial charge in [-0.1, -0.05) is 13.8 Å². The van der Waals surface area contributed by atoms with Crippen molar-refractivity contribution < 1.29 is 4.79 Å². The number of carbonyl (C=O) groups excluding carboxylic acids is 1. The van der Waals surface area contributed by atoms with Gasteiger partial charge in [-0.25, -0.2) is 0 Å². The number of hydrogen-bond acceptors (Lipinski definition) is 2. The first-order valence-corrected chi connectivity index (χ1v) is 6.02. The highest BCUT2D eigenvalue weighted by Gasteiger charge is 2.11. The maximum atomic E-state index is 11.8. The summed E-state index contributed by atoms with van der Waals surface area (Å²) in [6.07, 6.45) is 0.792.